The normalized spacial score (nSPS) is 14.5. The number of carbonyl (C=O) groups excluding carboxylic acids is 2. The highest BCUT2D eigenvalue weighted by Gasteiger charge is 2.23. The van der Waals surface area contributed by atoms with Gasteiger partial charge in [0.05, 0.1) is 0 Å². The van der Waals surface area contributed by atoms with Gasteiger partial charge in [0, 0.05) is 30.5 Å². The smallest absolute Gasteiger partial charge is 0.410 e. The number of nitrogens with one attached hydrogen (secondary N) is 2. The number of amides is 2. The molecule has 1 aliphatic rings. The van der Waals surface area contributed by atoms with Gasteiger partial charge in [0.25, 0.3) is 0 Å². The van der Waals surface area contributed by atoms with Crippen molar-refractivity contribution in [1.29, 1.82) is 0 Å². The van der Waals surface area contributed by atoms with Crippen LogP contribution in [0.3, 0.4) is 0 Å². The van der Waals surface area contributed by atoms with Crippen LogP contribution >= 0.6 is 0 Å². The highest BCUT2D eigenvalue weighted by atomic mass is 16.6. The number of carbonyl (C=O) groups is 2. The summed E-state index contributed by atoms with van der Waals surface area (Å²) < 4.78 is 5.39. The zero-order valence-corrected chi connectivity index (χ0v) is 14.6. The van der Waals surface area contributed by atoms with E-state index in [1.807, 2.05) is 54.6 Å². The van der Waals surface area contributed by atoms with Crippen molar-refractivity contribution in [1.82, 2.24) is 4.90 Å². The van der Waals surface area contributed by atoms with Gasteiger partial charge >= 0.3 is 6.09 Å². The number of anilines is 2. The van der Waals surface area contributed by atoms with Crippen molar-refractivity contribution in [2.75, 3.05) is 23.7 Å². The number of piperidine rings is 1. The first-order chi connectivity index (χ1) is 12.7. The molecule has 0 bridgehead atoms. The van der Waals surface area contributed by atoms with E-state index in [1.165, 1.54) is 0 Å². The van der Waals surface area contributed by atoms with Crippen molar-refractivity contribution in [3.63, 3.8) is 0 Å². The highest BCUT2D eigenvalue weighted by molar-refractivity contribution is 5.72. The number of nitrogens with zero attached hydrogens (tertiary/aromatic N) is 1. The summed E-state index contributed by atoms with van der Waals surface area (Å²) in [6, 6.07) is 17.6. The van der Waals surface area contributed by atoms with Gasteiger partial charge in [-0.3, -0.25) is 4.79 Å². The second kappa shape index (κ2) is 8.89. The Morgan fingerprint density at radius 1 is 1.04 bits per heavy atom. The molecule has 2 aromatic carbocycles. The molecule has 2 aromatic rings. The third kappa shape index (κ3) is 4.99. The summed E-state index contributed by atoms with van der Waals surface area (Å²) >= 11 is 0. The Kier molecular flexibility index (Phi) is 6.09. The molecule has 2 N–H and O–H groups in total. The molecule has 0 atom stereocenters. The Balaban J connectivity index is 1.42. The Morgan fingerprint density at radius 2 is 1.69 bits per heavy atom. The van der Waals surface area contributed by atoms with E-state index in [4.69, 9.17) is 4.74 Å². The molecule has 1 saturated heterocycles. The van der Waals surface area contributed by atoms with E-state index in [-0.39, 0.29) is 6.09 Å². The molecule has 0 spiro atoms. The summed E-state index contributed by atoms with van der Waals surface area (Å²) in [6.45, 7) is 1.66. The molecule has 0 radical (unpaired) electrons. The van der Waals surface area contributed by atoms with E-state index in [1.54, 1.807) is 4.90 Å². The molecule has 26 heavy (non-hydrogen) atoms. The number of hydrogen-bond acceptors (Lipinski definition) is 4. The molecule has 1 aliphatic heterocycles. The fraction of sp³-hybridized carbons (Fsp3) is 0.300. The third-order valence-electron chi connectivity index (χ3n) is 4.44. The van der Waals surface area contributed by atoms with Gasteiger partial charge in [-0.05, 0) is 42.7 Å². The van der Waals surface area contributed by atoms with Crippen LogP contribution in [0.5, 0.6) is 0 Å². The minimum Gasteiger partial charge on any atom is -0.445 e. The predicted octanol–water partition coefficient (Wildman–Crippen LogP) is 3.47. The summed E-state index contributed by atoms with van der Waals surface area (Å²) in [7, 11) is 0. The van der Waals surface area contributed by atoms with E-state index in [2.05, 4.69) is 10.6 Å². The van der Waals surface area contributed by atoms with Crippen LogP contribution in [0.4, 0.5) is 16.2 Å². The van der Waals surface area contributed by atoms with Gasteiger partial charge in [-0.25, -0.2) is 4.79 Å². The SMILES string of the molecule is O=CNc1ccc(NC2CCN(C(=O)OCc3ccccc3)CC2)cc1. The molecule has 0 saturated carbocycles. The molecule has 0 aromatic heterocycles. The van der Waals surface area contributed by atoms with Crippen LogP contribution in [0.1, 0.15) is 18.4 Å². The zero-order chi connectivity index (χ0) is 18.2. The maximum absolute atomic E-state index is 12.2. The fourth-order valence-electron chi connectivity index (χ4n) is 2.98. The Morgan fingerprint density at radius 3 is 2.35 bits per heavy atom. The van der Waals surface area contributed by atoms with Crippen LogP contribution < -0.4 is 10.6 Å². The van der Waals surface area contributed by atoms with Crippen LogP contribution in [-0.4, -0.2) is 36.5 Å². The number of likely N-dealkylation sites (tertiary alicyclic amines) is 1. The lowest BCUT2D eigenvalue weighted by molar-refractivity contribution is -0.105. The number of hydrogen-bond donors (Lipinski definition) is 2. The second-order valence-electron chi connectivity index (χ2n) is 6.29. The quantitative estimate of drug-likeness (QED) is 0.780. The van der Waals surface area contributed by atoms with Crippen molar-refractivity contribution in [3.05, 3.63) is 60.2 Å². The molecule has 6 nitrogen and oxygen atoms in total. The van der Waals surface area contributed by atoms with Crippen molar-refractivity contribution in [2.45, 2.75) is 25.5 Å². The maximum Gasteiger partial charge on any atom is 0.410 e. The molecular weight excluding hydrogens is 330 g/mol. The van der Waals surface area contributed by atoms with Gasteiger partial charge in [0.1, 0.15) is 6.61 Å². The Bertz CT molecular complexity index is 711. The lowest BCUT2D eigenvalue weighted by atomic mass is 10.0. The van der Waals surface area contributed by atoms with Crippen LogP contribution in [0.2, 0.25) is 0 Å². The molecule has 3 rings (SSSR count). The van der Waals surface area contributed by atoms with Crippen LogP contribution in [0.15, 0.2) is 54.6 Å². The lowest BCUT2D eigenvalue weighted by Gasteiger charge is -2.32. The topological polar surface area (TPSA) is 70.7 Å². The van der Waals surface area contributed by atoms with E-state index in [0.717, 1.165) is 29.8 Å². The van der Waals surface area contributed by atoms with Gasteiger partial charge in [-0.1, -0.05) is 30.3 Å². The average molecular weight is 353 g/mol. The van der Waals surface area contributed by atoms with E-state index in [9.17, 15) is 9.59 Å². The highest BCUT2D eigenvalue weighted by Crippen LogP contribution is 2.19. The summed E-state index contributed by atoms with van der Waals surface area (Å²) in [5, 5.41) is 6.09. The Labute approximate surface area is 153 Å². The second-order valence-corrected chi connectivity index (χ2v) is 6.29. The molecule has 0 unspecified atom stereocenters. The van der Waals surface area contributed by atoms with Crippen molar-refractivity contribution >= 4 is 23.9 Å². The largest absolute Gasteiger partial charge is 0.445 e. The van der Waals surface area contributed by atoms with E-state index in [0.29, 0.717) is 32.1 Å². The summed E-state index contributed by atoms with van der Waals surface area (Å²) in [6.07, 6.45) is 2.15. The Hall–Kier alpha value is -3.02. The molecule has 1 heterocycles. The standard InChI is InChI=1S/C20H23N3O3/c24-15-21-17-6-8-18(9-7-17)22-19-10-12-23(13-11-19)20(25)26-14-16-4-2-1-3-5-16/h1-9,15,19,22H,10-14H2,(H,21,24). The minimum atomic E-state index is -0.253. The van der Waals surface area contributed by atoms with Crippen molar-refractivity contribution < 1.29 is 14.3 Å². The average Bonchev–Trinajstić information content (AvgIpc) is 2.69. The monoisotopic (exact) mass is 353 g/mol. The summed E-state index contributed by atoms with van der Waals surface area (Å²) in [5.41, 5.74) is 2.76. The van der Waals surface area contributed by atoms with Gasteiger partial charge in [-0.15, -0.1) is 0 Å². The first kappa shape index (κ1) is 17.8. The molecule has 0 aliphatic carbocycles. The minimum absolute atomic E-state index is 0.253. The van der Waals surface area contributed by atoms with Crippen molar-refractivity contribution in [2.24, 2.45) is 0 Å². The molecule has 1 fully saturated rings. The molecule has 136 valence electrons. The van der Waals surface area contributed by atoms with Crippen molar-refractivity contribution in [3.8, 4) is 0 Å². The summed E-state index contributed by atoms with van der Waals surface area (Å²) in [4.78, 5) is 24.4. The van der Waals surface area contributed by atoms with Crippen LogP contribution in [0, 0.1) is 0 Å². The van der Waals surface area contributed by atoms with Gasteiger partial charge in [0.2, 0.25) is 6.41 Å². The van der Waals surface area contributed by atoms with E-state index < -0.39 is 0 Å². The number of rotatable bonds is 6. The number of benzene rings is 2. The van der Waals surface area contributed by atoms with Gasteiger partial charge in [0.15, 0.2) is 0 Å². The first-order valence-corrected chi connectivity index (χ1v) is 8.77. The lowest BCUT2D eigenvalue weighted by Crippen LogP contribution is -2.42. The van der Waals surface area contributed by atoms with Crippen LogP contribution in [-0.2, 0) is 16.1 Å². The van der Waals surface area contributed by atoms with Crippen LogP contribution in [0.25, 0.3) is 0 Å². The van der Waals surface area contributed by atoms with E-state index >= 15 is 0 Å². The van der Waals surface area contributed by atoms with Gasteiger partial charge < -0.3 is 20.3 Å². The third-order valence-corrected chi connectivity index (χ3v) is 4.44. The van der Waals surface area contributed by atoms with Gasteiger partial charge in [-0.2, -0.15) is 0 Å². The molecule has 6 heteroatoms. The fourth-order valence-corrected chi connectivity index (χ4v) is 2.98. The molecule has 2 amide bonds. The summed E-state index contributed by atoms with van der Waals surface area (Å²) in [5.74, 6) is 0. The molecular formula is C20H23N3O3. The number of ether oxygens (including phenoxy) is 1. The predicted molar refractivity (Wildman–Crippen MR) is 101 cm³/mol. The first-order valence-electron chi connectivity index (χ1n) is 8.77. The maximum atomic E-state index is 12.2. The zero-order valence-electron chi connectivity index (χ0n) is 14.6.